The third kappa shape index (κ3) is 3.60. The van der Waals surface area contributed by atoms with Gasteiger partial charge in [-0.05, 0) is 31.2 Å². The molecule has 0 aliphatic rings. The predicted octanol–water partition coefficient (Wildman–Crippen LogP) is 4.88. The molecule has 0 unspecified atom stereocenters. The molecule has 1 heterocycles. The van der Waals surface area contributed by atoms with Crippen LogP contribution in [0.2, 0.25) is 15.1 Å². The van der Waals surface area contributed by atoms with Gasteiger partial charge in [-0.1, -0.05) is 34.8 Å². The molecule has 0 atom stereocenters. The van der Waals surface area contributed by atoms with Crippen LogP contribution in [0.3, 0.4) is 0 Å². The maximum atomic E-state index is 6.05. The van der Waals surface area contributed by atoms with Gasteiger partial charge in [-0.15, -0.1) is 0 Å². The Morgan fingerprint density at radius 2 is 1.68 bits per heavy atom. The lowest BCUT2D eigenvalue weighted by Gasteiger charge is -2.08. The molecular formula is C13H10Cl3N3. The van der Waals surface area contributed by atoms with E-state index < -0.39 is 0 Å². The first-order chi connectivity index (χ1) is 9.08. The van der Waals surface area contributed by atoms with Crippen LogP contribution in [0, 0.1) is 0 Å². The van der Waals surface area contributed by atoms with Gasteiger partial charge in [0.05, 0.1) is 21.4 Å². The van der Waals surface area contributed by atoms with Crippen LogP contribution in [-0.4, -0.2) is 10.7 Å². The fraction of sp³-hybridized carbons (Fsp3) is 0.0769. The molecule has 0 spiro atoms. The summed E-state index contributed by atoms with van der Waals surface area (Å²) >= 11 is 17.9. The first-order valence-corrected chi connectivity index (χ1v) is 6.56. The Morgan fingerprint density at radius 3 is 2.26 bits per heavy atom. The van der Waals surface area contributed by atoms with Crippen molar-refractivity contribution in [3.8, 4) is 0 Å². The van der Waals surface area contributed by atoms with Crippen molar-refractivity contribution in [2.45, 2.75) is 6.92 Å². The molecule has 0 aliphatic carbocycles. The van der Waals surface area contributed by atoms with E-state index in [0.29, 0.717) is 20.8 Å². The Hall–Kier alpha value is -1.29. The zero-order valence-corrected chi connectivity index (χ0v) is 12.3. The Morgan fingerprint density at radius 1 is 1.11 bits per heavy atom. The number of benzene rings is 1. The maximum Gasteiger partial charge on any atom is 0.0935 e. The number of nitrogens with zero attached hydrogens (tertiary/aromatic N) is 2. The number of halogens is 3. The minimum absolute atomic E-state index is 0.420. The summed E-state index contributed by atoms with van der Waals surface area (Å²) in [5.41, 5.74) is 5.14. The summed E-state index contributed by atoms with van der Waals surface area (Å²) in [5, 5.41) is 5.57. The number of hydrogen-bond donors (Lipinski definition) is 1. The van der Waals surface area contributed by atoms with Crippen LogP contribution >= 0.6 is 34.8 Å². The fourth-order valence-electron chi connectivity index (χ4n) is 1.45. The van der Waals surface area contributed by atoms with Crippen molar-refractivity contribution in [2.75, 3.05) is 5.43 Å². The second kappa shape index (κ2) is 6.24. The van der Waals surface area contributed by atoms with E-state index >= 15 is 0 Å². The van der Waals surface area contributed by atoms with Gasteiger partial charge in [0.15, 0.2) is 0 Å². The summed E-state index contributed by atoms with van der Waals surface area (Å²) < 4.78 is 0. The second-order valence-corrected chi connectivity index (χ2v) is 5.04. The second-order valence-electron chi connectivity index (χ2n) is 3.79. The summed E-state index contributed by atoms with van der Waals surface area (Å²) in [4.78, 5) is 3.95. The largest absolute Gasteiger partial charge is 0.275 e. The van der Waals surface area contributed by atoms with E-state index in [0.717, 1.165) is 11.3 Å². The summed E-state index contributed by atoms with van der Waals surface area (Å²) in [6, 6.07) is 6.94. The quantitative estimate of drug-likeness (QED) is 0.647. The van der Waals surface area contributed by atoms with Crippen LogP contribution < -0.4 is 5.43 Å². The van der Waals surface area contributed by atoms with Gasteiger partial charge in [-0.2, -0.15) is 5.10 Å². The van der Waals surface area contributed by atoms with Gasteiger partial charge >= 0.3 is 0 Å². The number of anilines is 1. The van der Waals surface area contributed by atoms with E-state index in [4.69, 9.17) is 34.8 Å². The van der Waals surface area contributed by atoms with Gasteiger partial charge in [-0.25, -0.2) is 0 Å². The molecule has 0 fully saturated rings. The van der Waals surface area contributed by atoms with Crippen molar-refractivity contribution in [1.29, 1.82) is 0 Å². The standard InChI is InChI=1S/C13H10Cl3N3/c1-8(9-2-4-17-5-3-9)18-19-13-11(15)6-10(14)7-12(13)16/h2-7,19H,1H3. The van der Waals surface area contributed by atoms with Gasteiger partial charge in [0.2, 0.25) is 0 Å². The number of rotatable bonds is 3. The normalized spacial score (nSPS) is 11.5. The highest BCUT2D eigenvalue weighted by atomic mass is 35.5. The molecule has 0 bridgehead atoms. The van der Waals surface area contributed by atoms with Crippen LogP contribution in [0.5, 0.6) is 0 Å². The van der Waals surface area contributed by atoms with Crippen LogP contribution in [0.4, 0.5) is 5.69 Å². The monoisotopic (exact) mass is 313 g/mol. The highest BCUT2D eigenvalue weighted by molar-refractivity contribution is 6.41. The minimum atomic E-state index is 0.420. The van der Waals surface area contributed by atoms with Gasteiger partial charge in [0.1, 0.15) is 0 Å². The summed E-state index contributed by atoms with van der Waals surface area (Å²) in [7, 11) is 0. The Balaban J connectivity index is 2.23. The molecule has 0 saturated carbocycles. The van der Waals surface area contributed by atoms with E-state index in [2.05, 4.69) is 15.5 Å². The van der Waals surface area contributed by atoms with Crippen LogP contribution in [0.1, 0.15) is 12.5 Å². The van der Waals surface area contributed by atoms with Crippen molar-refractivity contribution in [3.05, 3.63) is 57.3 Å². The van der Waals surface area contributed by atoms with Gasteiger partial charge < -0.3 is 0 Å². The SMILES string of the molecule is CC(=NNc1c(Cl)cc(Cl)cc1Cl)c1ccncc1. The van der Waals surface area contributed by atoms with Crippen LogP contribution in [-0.2, 0) is 0 Å². The topological polar surface area (TPSA) is 37.3 Å². The highest BCUT2D eigenvalue weighted by Gasteiger charge is 2.07. The zero-order chi connectivity index (χ0) is 13.8. The molecule has 1 N–H and O–H groups in total. The fourth-order valence-corrected chi connectivity index (χ4v) is 2.35. The Kier molecular flexibility index (Phi) is 4.64. The summed E-state index contributed by atoms with van der Waals surface area (Å²) in [6.07, 6.45) is 3.41. The smallest absolute Gasteiger partial charge is 0.0935 e. The van der Waals surface area contributed by atoms with E-state index in [1.54, 1.807) is 24.5 Å². The molecule has 0 saturated heterocycles. The van der Waals surface area contributed by atoms with E-state index in [-0.39, 0.29) is 0 Å². The lowest BCUT2D eigenvalue weighted by atomic mass is 10.2. The number of hydrogen-bond acceptors (Lipinski definition) is 3. The first-order valence-electron chi connectivity index (χ1n) is 5.43. The molecule has 0 radical (unpaired) electrons. The third-order valence-electron chi connectivity index (χ3n) is 2.44. The zero-order valence-electron chi connectivity index (χ0n) is 9.99. The first kappa shape index (κ1) is 14.1. The molecule has 1 aromatic heterocycles. The molecule has 98 valence electrons. The minimum Gasteiger partial charge on any atom is -0.275 e. The molecular weight excluding hydrogens is 305 g/mol. The van der Waals surface area contributed by atoms with Crippen molar-refractivity contribution in [3.63, 3.8) is 0 Å². The molecule has 0 amide bonds. The van der Waals surface area contributed by atoms with E-state index in [9.17, 15) is 0 Å². The summed E-state index contributed by atoms with van der Waals surface area (Å²) in [6.45, 7) is 1.88. The van der Waals surface area contributed by atoms with Gasteiger partial charge in [0.25, 0.3) is 0 Å². The molecule has 2 aromatic rings. The van der Waals surface area contributed by atoms with Gasteiger partial charge in [-0.3, -0.25) is 10.4 Å². The molecule has 19 heavy (non-hydrogen) atoms. The number of pyridine rings is 1. The maximum absolute atomic E-state index is 6.05. The lowest BCUT2D eigenvalue weighted by Crippen LogP contribution is -2.00. The number of nitrogens with one attached hydrogen (secondary N) is 1. The molecule has 1 aromatic carbocycles. The number of aromatic nitrogens is 1. The van der Waals surface area contributed by atoms with Gasteiger partial charge in [0, 0.05) is 23.0 Å². The van der Waals surface area contributed by atoms with Crippen molar-refractivity contribution >= 4 is 46.2 Å². The highest BCUT2D eigenvalue weighted by Crippen LogP contribution is 2.33. The van der Waals surface area contributed by atoms with Crippen LogP contribution in [0.15, 0.2) is 41.8 Å². The van der Waals surface area contributed by atoms with Crippen molar-refractivity contribution in [2.24, 2.45) is 5.10 Å². The Bertz CT molecular complexity index is 589. The summed E-state index contributed by atoms with van der Waals surface area (Å²) in [5.74, 6) is 0. The molecule has 3 nitrogen and oxygen atoms in total. The average molecular weight is 315 g/mol. The van der Waals surface area contributed by atoms with Crippen molar-refractivity contribution in [1.82, 2.24) is 4.98 Å². The predicted molar refractivity (Wildman–Crippen MR) is 81.5 cm³/mol. The number of hydrazone groups is 1. The lowest BCUT2D eigenvalue weighted by molar-refractivity contribution is 1.29. The van der Waals surface area contributed by atoms with E-state index in [1.165, 1.54) is 0 Å². The average Bonchev–Trinajstić information content (AvgIpc) is 2.38. The third-order valence-corrected chi connectivity index (χ3v) is 3.25. The van der Waals surface area contributed by atoms with Crippen molar-refractivity contribution < 1.29 is 0 Å². The van der Waals surface area contributed by atoms with E-state index in [1.807, 2.05) is 19.1 Å². The molecule has 6 heteroatoms. The molecule has 0 aliphatic heterocycles. The Labute approximate surface area is 126 Å². The molecule has 2 rings (SSSR count). The van der Waals surface area contributed by atoms with Crippen LogP contribution in [0.25, 0.3) is 0 Å².